The van der Waals surface area contributed by atoms with E-state index in [2.05, 4.69) is 41.2 Å². The predicted octanol–water partition coefficient (Wildman–Crippen LogP) is 4.89. The fourth-order valence-electron chi connectivity index (χ4n) is 1.63. The van der Waals surface area contributed by atoms with Crippen LogP contribution >= 0.6 is 0 Å². The Morgan fingerprint density at radius 2 is 1.53 bits per heavy atom. The van der Waals surface area contributed by atoms with Gasteiger partial charge in [-0.1, -0.05) is 47.6 Å². The molecule has 0 nitrogen and oxygen atoms in total. The molecule has 0 bridgehead atoms. The fourth-order valence-corrected chi connectivity index (χ4v) is 1.63. The molecule has 0 unspecified atom stereocenters. The van der Waals surface area contributed by atoms with Gasteiger partial charge in [-0.3, -0.25) is 5.57 Å². The van der Waals surface area contributed by atoms with Crippen LogP contribution in [-0.4, -0.2) is 0 Å². The summed E-state index contributed by atoms with van der Waals surface area (Å²) in [5.41, 5.74) is 8.26. The molecule has 0 N–H and O–H groups in total. The van der Waals surface area contributed by atoms with E-state index in [4.69, 9.17) is 6.58 Å². The molecule has 0 aromatic heterocycles. The molecule has 1 rings (SSSR count). The molecular formula is C16H24Cr. The van der Waals surface area contributed by atoms with E-state index in [1.165, 1.54) is 27.8 Å². The summed E-state index contributed by atoms with van der Waals surface area (Å²) < 4.78 is 0. The van der Waals surface area contributed by atoms with E-state index in [9.17, 15) is 0 Å². The second-order valence-corrected chi connectivity index (χ2v) is 4.46. The largest absolute Gasteiger partial charge is 2.00 e. The van der Waals surface area contributed by atoms with Crippen LogP contribution in [0.4, 0.5) is 0 Å². The summed E-state index contributed by atoms with van der Waals surface area (Å²) in [6.45, 7) is 21.6. The molecule has 94 valence electrons. The van der Waals surface area contributed by atoms with Gasteiger partial charge in [0.2, 0.25) is 0 Å². The molecule has 0 aliphatic heterocycles. The molecule has 0 saturated carbocycles. The van der Waals surface area contributed by atoms with Crippen molar-refractivity contribution in [3.8, 4) is 0 Å². The van der Waals surface area contributed by atoms with Gasteiger partial charge in [-0.05, 0) is 6.42 Å². The zero-order valence-electron chi connectivity index (χ0n) is 12.0. The van der Waals surface area contributed by atoms with Gasteiger partial charge >= 0.3 is 17.4 Å². The maximum absolute atomic E-state index is 5.25. The minimum atomic E-state index is 0. The minimum absolute atomic E-state index is 0. The van der Waals surface area contributed by atoms with Crippen molar-refractivity contribution in [2.24, 2.45) is 0 Å². The molecule has 1 heteroatoms. The Morgan fingerprint density at radius 3 is 1.59 bits per heavy atom. The monoisotopic (exact) mass is 268 g/mol. The van der Waals surface area contributed by atoms with Gasteiger partial charge in [0.1, 0.15) is 0 Å². The van der Waals surface area contributed by atoms with E-state index in [1.54, 1.807) is 6.08 Å². The number of hydrogen-bond donors (Lipinski definition) is 0. The maximum atomic E-state index is 5.25. The standard InChI is InChI=1S/C10H15.C6H9.Cr/c1-6-7(2)9(4)10(5)8(6)3;1-4-5-6(2)3;/h1-5H3;2,4H,1,5H2,3H3;/q2*-1;+2. The summed E-state index contributed by atoms with van der Waals surface area (Å²) in [7, 11) is 0. The molecule has 0 spiro atoms. The second-order valence-electron chi connectivity index (χ2n) is 4.46. The third-order valence-corrected chi connectivity index (χ3v) is 3.28. The van der Waals surface area contributed by atoms with Crippen LogP contribution in [0, 0.1) is 41.2 Å². The van der Waals surface area contributed by atoms with E-state index < -0.39 is 0 Å². The molecule has 0 aliphatic carbocycles. The van der Waals surface area contributed by atoms with Crippen molar-refractivity contribution in [3.05, 3.63) is 52.6 Å². The van der Waals surface area contributed by atoms with Crippen LogP contribution in [0.15, 0.2) is 18.2 Å². The number of allylic oxidation sites excluding steroid dienone is 2. The van der Waals surface area contributed by atoms with Crippen molar-refractivity contribution >= 4 is 0 Å². The SMILES string of the molecule is Cc1c(C)c(C)[c-](C)c1C.[CH-]=C(C)CC=C.[Cr+2]. The first-order valence-electron chi connectivity index (χ1n) is 5.71. The van der Waals surface area contributed by atoms with Crippen molar-refractivity contribution in [3.63, 3.8) is 0 Å². The Labute approximate surface area is 118 Å². The molecule has 0 radical (unpaired) electrons. The van der Waals surface area contributed by atoms with Crippen molar-refractivity contribution in [1.29, 1.82) is 0 Å². The van der Waals surface area contributed by atoms with Crippen LogP contribution in [0.3, 0.4) is 0 Å². The van der Waals surface area contributed by atoms with E-state index >= 15 is 0 Å². The fraction of sp³-hybridized carbons (Fsp3) is 0.438. The smallest absolute Gasteiger partial charge is 0.514 e. The van der Waals surface area contributed by atoms with E-state index in [1.807, 2.05) is 6.92 Å². The van der Waals surface area contributed by atoms with Crippen molar-refractivity contribution in [1.82, 2.24) is 0 Å². The summed E-state index contributed by atoms with van der Waals surface area (Å²) >= 11 is 0. The molecule has 0 saturated heterocycles. The summed E-state index contributed by atoms with van der Waals surface area (Å²) in [5, 5.41) is 0. The summed E-state index contributed by atoms with van der Waals surface area (Å²) in [4.78, 5) is 0. The Morgan fingerprint density at radius 1 is 1.18 bits per heavy atom. The van der Waals surface area contributed by atoms with Gasteiger partial charge in [0, 0.05) is 0 Å². The second kappa shape index (κ2) is 8.45. The number of rotatable bonds is 2. The average molecular weight is 268 g/mol. The molecular weight excluding hydrogens is 244 g/mol. The topological polar surface area (TPSA) is 0 Å². The van der Waals surface area contributed by atoms with Gasteiger partial charge in [-0.25, -0.2) is 0 Å². The van der Waals surface area contributed by atoms with Gasteiger partial charge < -0.3 is 6.58 Å². The van der Waals surface area contributed by atoms with Gasteiger partial charge in [0.15, 0.2) is 0 Å². The molecule has 0 atom stereocenters. The molecule has 0 aliphatic rings. The average Bonchev–Trinajstić information content (AvgIpc) is 2.37. The van der Waals surface area contributed by atoms with E-state index in [0.717, 1.165) is 12.0 Å². The van der Waals surface area contributed by atoms with Crippen LogP contribution < -0.4 is 0 Å². The van der Waals surface area contributed by atoms with Crippen LogP contribution in [-0.2, 0) is 17.4 Å². The normalized spacial score (nSPS) is 8.82. The Balaban J connectivity index is 0. The maximum Gasteiger partial charge on any atom is 2.00 e. The van der Waals surface area contributed by atoms with Gasteiger partial charge in [0.05, 0.1) is 0 Å². The molecule has 0 heterocycles. The first kappa shape index (κ1) is 18.7. The third kappa shape index (κ3) is 5.49. The van der Waals surface area contributed by atoms with Crippen LogP contribution in [0.1, 0.15) is 41.2 Å². The summed E-state index contributed by atoms with van der Waals surface area (Å²) in [6.07, 6.45) is 2.62. The Hall–Kier alpha value is -0.638. The first-order chi connectivity index (χ1) is 7.32. The van der Waals surface area contributed by atoms with E-state index in [-0.39, 0.29) is 17.4 Å². The molecule has 1 aromatic carbocycles. The molecule has 0 fully saturated rings. The predicted molar refractivity (Wildman–Crippen MR) is 74.0 cm³/mol. The van der Waals surface area contributed by atoms with Gasteiger partial charge in [-0.2, -0.15) is 27.8 Å². The van der Waals surface area contributed by atoms with Crippen LogP contribution in [0.2, 0.25) is 0 Å². The molecule has 1 aromatic rings. The van der Waals surface area contributed by atoms with Crippen molar-refractivity contribution in [2.45, 2.75) is 48.0 Å². The number of hydrogen-bond acceptors (Lipinski definition) is 0. The molecule has 17 heavy (non-hydrogen) atoms. The Bertz CT molecular complexity index is 300. The van der Waals surface area contributed by atoms with Crippen molar-refractivity contribution in [2.75, 3.05) is 0 Å². The first-order valence-corrected chi connectivity index (χ1v) is 5.71. The summed E-state index contributed by atoms with van der Waals surface area (Å²) in [5.74, 6) is 0. The van der Waals surface area contributed by atoms with Gasteiger partial charge in [-0.15, -0.1) is 6.58 Å². The third-order valence-electron chi connectivity index (χ3n) is 3.28. The molecule has 0 amide bonds. The van der Waals surface area contributed by atoms with Crippen LogP contribution in [0.25, 0.3) is 0 Å². The quantitative estimate of drug-likeness (QED) is 0.529. The van der Waals surface area contributed by atoms with E-state index in [0.29, 0.717) is 0 Å². The summed E-state index contributed by atoms with van der Waals surface area (Å²) in [6, 6.07) is 0. The van der Waals surface area contributed by atoms with Crippen molar-refractivity contribution < 1.29 is 17.4 Å². The Kier molecular flexibility index (Phi) is 9.31. The zero-order chi connectivity index (χ0) is 12.9. The van der Waals surface area contributed by atoms with Crippen LogP contribution in [0.5, 0.6) is 0 Å². The zero-order valence-corrected chi connectivity index (χ0v) is 13.3. The minimum Gasteiger partial charge on any atom is -0.514 e. The van der Waals surface area contributed by atoms with Gasteiger partial charge in [0.25, 0.3) is 0 Å².